The van der Waals surface area contributed by atoms with Crippen LogP contribution in [0.4, 0.5) is 0 Å². The Balaban J connectivity index is 2.13. The Morgan fingerprint density at radius 3 is 2.71 bits per heavy atom. The highest BCUT2D eigenvalue weighted by atomic mass is 79.9. The molecular formula is C16H22BrN3S. The number of rotatable bonds is 8. The lowest BCUT2D eigenvalue weighted by Gasteiger charge is -2.20. The quantitative estimate of drug-likeness (QED) is 0.696. The summed E-state index contributed by atoms with van der Waals surface area (Å²) in [6.07, 6.45) is 2.99. The van der Waals surface area contributed by atoms with Crippen molar-refractivity contribution in [2.45, 2.75) is 37.8 Å². The number of benzene rings is 1. The SMILES string of the molecule is CCCn1ncc(Br)c1C(CSc1ccccc1)NCC. The van der Waals surface area contributed by atoms with Crippen molar-refractivity contribution in [1.29, 1.82) is 0 Å². The first-order valence-corrected chi connectivity index (χ1v) is 9.16. The topological polar surface area (TPSA) is 29.9 Å². The summed E-state index contributed by atoms with van der Waals surface area (Å²) >= 11 is 5.53. The molecule has 0 spiro atoms. The molecule has 1 unspecified atom stereocenters. The van der Waals surface area contributed by atoms with Gasteiger partial charge in [0, 0.05) is 17.2 Å². The zero-order valence-corrected chi connectivity index (χ0v) is 15.0. The van der Waals surface area contributed by atoms with E-state index in [2.05, 4.69) is 75.2 Å². The van der Waals surface area contributed by atoms with Crippen molar-refractivity contribution in [3.8, 4) is 0 Å². The van der Waals surface area contributed by atoms with E-state index < -0.39 is 0 Å². The molecule has 114 valence electrons. The Morgan fingerprint density at radius 2 is 2.05 bits per heavy atom. The Labute approximate surface area is 139 Å². The third-order valence-electron chi connectivity index (χ3n) is 3.21. The monoisotopic (exact) mass is 367 g/mol. The average Bonchev–Trinajstić information content (AvgIpc) is 2.86. The van der Waals surface area contributed by atoms with Crippen LogP contribution in [0.25, 0.3) is 0 Å². The molecule has 1 atom stereocenters. The van der Waals surface area contributed by atoms with Gasteiger partial charge in [0.2, 0.25) is 0 Å². The van der Waals surface area contributed by atoms with Crippen molar-refractivity contribution in [2.75, 3.05) is 12.3 Å². The normalized spacial score (nSPS) is 12.5. The fraction of sp³-hybridized carbons (Fsp3) is 0.438. The zero-order chi connectivity index (χ0) is 15.1. The van der Waals surface area contributed by atoms with Gasteiger partial charge in [-0.15, -0.1) is 11.8 Å². The maximum atomic E-state index is 4.48. The molecule has 1 heterocycles. The molecule has 3 nitrogen and oxygen atoms in total. The summed E-state index contributed by atoms with van der Waals surface area (Å²) < 4.78 is 3.21. The van der Waals surface area contributed by atoms with Gasteiger partial charge >= 0.3 is 0 Å². The highest BCUT2D eigenvalue weighted by molar-refractivity contribution is 9.10. The number of nitrogens with zero attached hydrogens (tertiary/aromatic N) is 2. The van der Waals surface area contributed by atoms with E-state index in [9.17, 15) is 0 Å². The van der Waals surface area contributed by atoms with Crippen LogP contribution in [0.5, 0.6) is 0 Å². The number of hydrogen-bond acceptors (Lipinski definition) is 3. The molecular weight excluding hydrogens is 346 g/mol. The molecule has 0 amide bonds. The van der Waals surface area contributed by atoms with Crippen LogP contribution in [0.2, 0.25) is 0 Å². The Kier molecular flexibility index (Phi) is 6.80. The second-order valence-electron chi connectivity index (χ2n) is 4.84. The smallest absolute Gasteiger partial charge is 0.0704 e. The Bertz CT molecular complexity index is 542. The number of aromatic nitrogens is 2. The van der Waals surface area contributed by atoms with Crippen molar-refractivity contribution < 1.29 is 0 Å². The van der Waals surface area contributed by atoms with E-state index in [4.69, 9.17) is 0 Å². The molecule has 0 fully saturated rings. The van der Waals surface area contributed by atoms with Crippen molar-refractivity contribution in [3.63, 3.8) is 0 Å². The van der Waals surface area contributed by atoms with E-state index in [1.54, 1.807) is 0 Å². The second kappa shape index (κ2) is 8.61. The summed E-state index contributed by atoms with van der Waals surface area (Å²) in [5.41, 5.74) is 1.25. The van der Waals surface area contributed by atoms with Gasteiger partial charge in [0.15, 0.2) is 0 Å². The predicted octanol–water partition coefficient (Wildman–Crippen LogP) is 4.50. The van der Waals surface area contributed by atoms with Crippen LogP contribution < -0.4 is 5.32 Å². The third kappa shape index (κ3) is 4.59. The predicted molar refractivity (Wildman–Crippen MR) is 93.8 cm³/mol. The Hall–Kier alpha value is -0.780. The molecule has 1 aromatic heterocycles. The fourth-order valence-electron chi connectivity index (χ4n) is 2.29. The van der Waals surface area contributed by atoms with Gasteiger partial charge in [-0.2, -0.15) is 5.10 Å². The van der Waals surface area contributed by atoms with Crippen LogP contribution in [-0.4, -0.2) is 22.1 Å². The van der Waals surface area contributed by atoms with Gasteiger partial charge in [0.25, 0.3) is 0 Å². The number of nitrogens with one attached hydrogen (secondary N) is 1. The van der Waals surface area contributed by atoms with Gasteiger partial charge in [-0.1, -0.05) is 32.0 Å². The molecule has 0 aliphatic rings. The summed E-state index contributed by atoms with van der Waals surface area (Å²) in [5.74, 6) is 0.992. The molecule has 0 aliphatic heterocycles. The minimum Gasteiger partial charge on any atom is -0.308 e. The van der Waals surface area contributed by atoms with Crippen molar-refractivity contribution >= 4 is 27.7 Å². The second-order valence-corrected chi connectivity index (χ2v) is 6.78. The van der Waals surface area contributed by atoms with E-state index >= 15 is 0 Å². The van der Waals surface area contributed by atoms with E-state index in [-0.39, 0.29) is 0 Å². The molecule has 5 heteroatoms. The first-order chi connectivity index (χ1) is 10.3. The molecule has 2 aromatic rings. The average molecular weight is 368 g/mol. The van der Waals surface area contributed by atoms with Crippen LogP contribution in [0.3, 0.4) is 0 Å². The van der Waals surface area contributed by atoms with Crippen molar-refractivity contribution in [1.82, 2.24) is 15.1 Å². The van der Waals surface area contributed by atoms with E-state index in [1.807, 2.05) is 18.0 Å². The Morgan fingerprint density at radius 1 is 1.29 bits per heavy atom. The van der Waals surface area contributed by atoms with Gasteiger partial charge < -0.3 is 5.32 Å². The molecule has 1 aromatic carbocycles. The van der Waals surface area contributed by atoms with E-state index in [0.717, 1.165) is 29.7 Å². The van der Waals surface area contributed by atoms with Gasteiger partial charge in [-0.05, 0) is 41.0 Å². The zero-order valence-electron chi connectivity index (χ0n) is 12.6. The molecule has 1 N–H and O–H groups in total. The van der Waals surface area contributed by atoms with Crippen LogP contribution in [-0.2, 0) is 6.54 Å². The lowest BCUT2D eigenvalue weighted by Crippen LogP contribution is -2.26. The molecule has 0 saturated carbocycles. The van der Waals surface area contributed by atoms with Gasteiger partial charge in [-0.3, -0.25) is 4.68 Å². The molecule has 0 bridgehead atoms. The van der Waals surface area contributed by atoms with Crippen LogP contribution in [0.1, 0.15) is 32.0 Å². The van der Waals surface area contributed by atoms with Gasteiger partial charge in [-0.25, -0.2) is 0 Å². The van der Waals surface area contributed by atoms with E-state index in [0.29, 0.717) is 6.04 Å². The molecule has 0 saturated heterocycles. The lowest BCUT2D eigenvalue weighted by molar-refractivity contribution is 0.507. The molecule has 21 heavy (non-hydrogen) atoms. The number of aryl methyl sites for hydroxylation is 1. The highest BCUT2D eigenvalue weighted by Crippen LogP contribution is 2.29. The summed E-state index contributed by atoms with van der Waals surface area (Å²) in [6.45, 7) is 6.23. The molecule has 0 aliphatic carbocycles. The first kappa shape index (κ1) is 16.6. The number of halogens is 1. The maximum Gasteiger partial charge on any atom is 0.0704 e. The highest BCUT2D eigenvalue weighted by Gasteiger charge is 2.19. The van der Waals surface area contributed by atoms with Crippen LogP contribution in [0, 0.1) is 0 Å². The summed E-state index contributed by atoms with van der Waals surface area (Å²) in [5, 5.41) is 8.07. The molecule has 2 rings (SSSR count). The number of hydrogen-bond donors (Lipinski definition) is 1. The summed E-state index contributed by atoms with van der Waals surface area (Å²) in [7, 11) is 0. The maximum absolute atomic E-state index is 4.48. The van der Waals surface area contributed by atoms with Gasteiger partial charge in [0.1, 0.15) is 0 Å². The van der Waals surface area contributed by atoms with Crippen molar-refractivity contribution in [3.05, 3.63) is 46.7 Å². The first-order valence-electron chi connectivity index (χ1n) is 7.38. The summed E-state index contributed by atoms with van der Waals surface area (Å²) in [4.78, 5) is 1.30. The third-order valence-corrected chi connectivity index (χ3v) is 4.93. The largest absolute Gasteiger partial charge is 0.308 e. The molecule has 0 radical (unpaired) electrons. The summed E-state index contributed by atoms with van der Waals surface area (Å²) in [6, 6.07) is 10.8. The van der Waals surface area contributed by atoms with Crippen molar-refractivity contribution in [2.24, 2.45) is 0 Å². The number of thioether (sulfide) groups is 1. The standard InChI is InChI=1S/C16H22BrN3S/c1-3-10-20-16(14(17)11-19-20)15(18-4-2)12-21-13-8-6-5-7-9-13/h5-9,11,15,18H,3-4,10,12H2,1-2H3. The van der Waals surface area contributed by atoms with Crippen LogP contribution in [0.15, 0.2) is 45.9 Å². The lowest BCUT2D eigenvalue weighted by atomic mass is 10.2. The van der Waals surface area contributed by atoms with Crippen LogP contribution >= 0.6 is 27.7 Å². The van der Waals surface area contributed by atoms with E-state index in [1.165, 1.54) is 10.6 Å². The fourth-order valence-corrected chi connectivity index (χ4v) is 3.84. The van der Waals surface area contributed by atoms with Gasteiger partial charge in [0.05, 0.1) is 22.4 Å². The minimum atomic E-state index is 0.295. The minimum absolute atomic E-state index is 0.295.